The van der Waals surface area contributed by atoms with Gasteiger partial charge in [0.1, 0.15) is 0 Å². The molecule has 0 amide bonds. The summed E-state index contributed by atoms with van der Waals surface area (Å²) in [6.07, 6.45) is 0.731. The summed E-state index contributed by atoms with van der Waals surface area (Å²) in [6.45, 7) is 5.09. The summed E-state index contributed by atoms with van der Waals surface area (Å²) in [5, 5.41) is 10.5. The minimum atomic E-state index is -3.01. The maximum Gasteiger partial charge on any atom is 0.214 e. The van der Waals surface area contributed by atoms with Crippen molar-refractivity contribution in [1.29, 1.82) is 0 Å². The van der Waals surface area contributed by atoms with Crippen LogP contribution in [0.4, 0.5) is 0 Å². The smallest absolute Gasteiger partial charge is 0.214 e. The van der Waals surface area contributed by atoms with Crippen molar-refractivity contribution in [3.05, 3.63) is 22.4 Å². The summed E-state index contributed by atoms with van der Waals surface area (Å²) >= 11 is 1.66. The molecule has 1 saturated heterocycles. The molecule has 1 aromatic heterocycles. The molecule has 6 nitrogen and oxygen atoms in total. The second-order valence-electron chi connectivity index (χ2n) is 4.82. The molecule has 0 aliphatic carbocycles. The van der Waals surface area contributed by atoms with Crippen LogP contribution in [0.2, 0.25) is 0 Å². The molecule has 0 atom stereocenters. The third kappa shape index (κ3) is 6.01. The number of nitrogens with zero attached hydrogens (tertiary/aromatic N) is 2. The number of hydrogen-bond donors (Lipinski definition) is 2. The van der Waals surface area contributed by atoms with Crippen LogP contribution in [0.25, 0.3) is 0 Å². The molecule has 0 spiro atoms. The van der Waals surface area contributed by atoms with Crippen LogP contribution in [0.1, 0.15) is 18.9 Å². The van der Waals surface area contributed by atoms with Gasteiger partial charge in [-0.3, -0.25) is 0 Å². The van der Waals surface area contributed by atoms with Gasteiger partial charge in [0.25, 0.3) is 0 Å². The lowest BCUT2D eigenvalue weighted by atomic mass is 10.3. The zero-order chi connectivity index (χ0) is 15.1. The van der Waals surface area contributed by atoms with Crippen LogP contribution in [-0.2, 0) is 16.6 Å². The molecular weight excluding hydrogens is 435 g/mol. The lowest BCUT2D eigenvalue weighted by Crippen LogP contribution is -2.42. The van der Waals surface area contributed by atoms with E-state index in [2.05, 4.69) is 27.1 Å². The van der Waals surface area contributed by atoms with Gasteiger partial charge in [-0.2, -0.15) is 11.3 Å². The first kappa shape index (κ1) is 19.7. The molecular formula is C13H23IN4O2S2. The molecule has 1 fully saturated rings. The number of rotatable bonds is 6. The van der Waals surface area contributed by atoms with Gasteiger partial charge in [-0.25, -0.2) is 17.7 Å². The molecule has 0 saturated carbocycles. The standard InChI is InChI=1S/C13H22N4O2S2.HI/c1-2-14-13(16-10-12-4-8-20-11-12)15-5-7-17-6-3-9-21(17,18)19;/h4,8,11H,2-3,5-7,9-10H2,1H3,(H2,14,15,16);1H. The number of halogens is 1. The SMILES string of the molecule is CCNC(=NCc1ccsc1)NCCN1CCCS1(=O)=O.I. The Bertz CT molecular complexity index is 561. The first-order chi connectivity index (χ1) is 10.1. The van der Waals surface area contributed by atoms with E-state index in [-0.39, 0.29) is 29.7 Å². The summed E-state index contributed by atoms with van der Waals surface area (Å²) in [7, 11) is -3.01. The molecule has 0 bridgehead atoms. The first-order valence-corrected chi connectivity index (χ1v) is 9.68. The molecule has 0 unspecified atom stereocenters. The van der Waals surface area contributed by atoms with Crippen LogP contribution in [0.3, 0.4) is 0 Å². The summed E-state index contributed by atoms with van der Waals surface area (Å²) in [6, 6.07) is 2.05. The lowest BCUT2D eigenvalue weighted by molar-refractivity contribution is 0.445. The van der Waals surface area contributed by atoms with Gasteiger partial charge in [0.05, 0.1) is 12.3 Å². The third-order valence-corrected chi connectivity index (χ3v) is 5.89. The fourth-order valence-electron chi connectivity index (χ4n) is 2.14. The Hall–Kier alpha value is -0.390. The summed E-state index contributed by atoms with van der Waals surface area (Å²) in [5.74, 6) is 1.000. The summed E-state index contributed by atoms with van der Waals surface area (Å²) in [4.78, 5) is 4.49. The van der Waals surface area contributed by atoms with E-state index in [1.807, 2.05) is 12.3 Å². The van der Waals surface area contributed by atoms with Crippen LogP contribution in [-0.4, -0.2) is 50.6 Å². The molecule has 2 heterocycles. The van der Waals surface area contributed by atoms with E-state index in [4.69, 9.17) is 0 Å². The Morgan fingerprint density at radius 1 is 1.45 bits per heavy atom. The zero-order valence-corrected chi connectivity index (χ0v) is 16.6. The van der Waals surface area contributed by atoms with Crippen molar-refractivity contribution in [2.45, 2.75) is 19.9 Å². The second-order valence-corrected chi connectivity index (χ2v) is 7.69. The average molecular weight is 458 g/mol. The molecule has 1 aliphatic heterocycles. The highest BCUT2D eigenvalue weighted by molar-refractivity contribution is 14.0. The molecule has 0 aromatic carbocycles. The van der Waals surface area contributed by atoms with Gasteiger partial charge in [0.2, 0.25) is 10.0 Å². The number of nitrogens with one attached hydrogen (secondary N) is 2. The highest BCUT2D eigenvalue weighted by atomic mass is 127. The Kier molecular flexibility index (Phi) is 8.65. The van der Waals surface area contributed by atoms with Crippen molar-refractivity contribution in [1.82, 2.24) is 14.9 Å². The van der Waals surface area contributed by atoms with Crippen molar-refractivity contribution >= 4 is 51.3 Å². The Balaban J connectivity index is 0.00000242. The van der Waals surface area contributed by atoms with Gasteiger partial charge in [-0.15, -0.1) is 24.0 Å². The molecule has 9 heteroatoms. The van der Waals surface area contributed by atoms with Crippen molar-refractivity contribution in [2.24, 2.45) is 4.99 Å². The summed E-state index contributed by atoms with van der Waals surface area (Å²) < 4.78 is 24.9. The van der Waals surface area contributed by atoms with Crippen molar-refractivity contribution in [3.8, 4) is 0 Å². The zero-order valence-electron chi connectivity index (χ0n) is 12.6. The fourth-order valence-corrected chi connectivity index (χ4v) is 4.32. The van der Waals surface area contributed by atoms with Gasteiger partial charge in [0, 0.05) is 26.2 Å². The topological polar surface area (TPSA) is 73.8 Å². The molecule has 22 heavy (non-hydrogen) atoms. The lowest BCUT2D eigenvalue weighted by Gasteiger charge is -2.16. The van der Waals surface area contributed by atoms with Crippen LogP contribution in [0.5, 0.6) is 0 Å². The maximum absolute atomic E-state index is 11.7. The molecule has 0 radical (unpaired) electrons. The van der Waals surface area contributed by atoms with Crippen LogP contribution in [0.15, 0.2) is 21.8 Å². The van der Waals surface area contributed by atoms with Crippen LogP contribution < -0.4 is 10.6 Å². The molecule has 1 aliphatic rings. The average Bonchev–Trinajstić information content (AvgIpc) is 3.06. The van der Waals surface area contributed by atoms with Gasteiger partial charge in [-0.05, 0) is 35.7 Å². The van der Waals surface area contributed by atoms with E-state index < -0.39 is 10.0 Å². The summed E-state index contributed by atoms with van der Waals surface area (Å²) in [5.41, 5.74) is 1.18. The molecule has 1 aromatic rings. The molecule has 2 rings (SSSR count). The normalized spacial score (nSPS) is 18.0. The quantitative estimate of drug-likeness (QED) is 0.385. The van der Waals surface area contributed by atoms with E-state index in [1.54, 1.807) is 15.6 Å². The van der Waals surface area contributed by atoms with Gasteiger partial charge >= 0.3 is 0 Å². The third-order valence-electron chi connectivity index (χ3n) is 3.20. The van der Waals surface area contributed by atoms with Crippen LogP contribution >= 0.6 is 35.3 Å². The predicted octanol–water partition coefficient (Wildman–Crippen LogP) is 1.46. The second kappa shape index (κ2) is 9.68. The number of hydrogen-bond acceptors (Lipinski definition) is 4. The Morgan fingerprint density at radius 3 is 2.86 bits per heavy atom. The van der Waals surface area contributed by atoms with Gasteiger partial charge < -0.3 is 10.6 Å². The van der Waals surface area contributed by atoms with Crippen molar-refractivity contribution in [2.75, 3.05) is 31.9 Å². The largest absolute Gasteiger partial charge is 0.357 e. The minimum absolute atomic E-state index is 0. The van der Waals surface area contributed by atoms with E-state index >= 15 is 0 Å². The van der Waals surface area contributed by atoms with E-state index in [0.29, 0.717) is 26.2 Å². The maximum atomic E-state index is 11.7. The number of thiophene rings is 1. The monoisotopic (exact) mass is 458 g/mol. The predicted molar refractivity (Wildman–Crippen MR) is 103 cm³/mol. The Labute approximate surface area is 153 Å². The highest BCUT2D eigenvalue weighted by Crippen LogP contribution is 2.11. The van der Waals surface area contributed by atoms with Gasteiger partial charge in [-0.1, -0.05) is 0 Å². The molecule has 2 N–H and O–H groups in total. The highest BCUT2D eigenvalue weighted by Gasteiger charge is 2.27. The Morgan fingerprint density at radius 2 is 2.27 bits per heavy atom. The number of sulfonamides is 1. The van der Waals surface area contributed by atoms with Gasteiger partial charge in [0.15, 0.2) is 5.96 Å². The van der Waals surface area contributed by atoms with Crippen LogP contribution in [0, 0.1) is 0 Å². The van der Waals surface area contributed by atoms with E-state index in [1.165, 1.54) is 5.56 Å². The fraction of sp³-hybridized carbons (Fsp3) is 0.615. The minimum Gasteiger partial charge on any atom is -0.357 e. The van der Waals surface area contributed by atoms with Crippen molar-refractivity contribution < 1.29 is 8.42 Å². The van der Waals surface area contributed by atoms with E-state index in [0.717, 1.165) is 18.9 Å². The van der Waals surface area contributed by atoms with E-state index in [9.17, 15) is 8.42 Å². The molecule has 126 valence electrons. The van der Waals surface area contributed by atoms with Crippen molar-refractivity contribution in [3.63, 3.8) is 0 Å². The number of guanidine groups is 1. The number of aliphatic imine (C=N–C) groups is 1. The first-order valence-electron chi connectivity index (χ1n) is 7.13.